The van der Waals surface area contributed by atoms with Gasteiger partial charge >= 0.3 is 0 Å². The van der Waals surface area contributed by atoms with E-state index in [4.69, 9.17) is 9.47 Å². The lowest BCUT2D eigenvalue weighted by molar-refractivity contribution is -0.384. The maximum Gasteiger partial charge on any atom is 0.270 e. The van der Waals surface area contributed by atoms with Gasteiger partial charge in [-0.15, -0.1) is 10.2 Å². The molecule has 0 aliphatic rings. The summed E-state index contributed by atoms with van der Waals surface area (Å²) in [6, 6.07) is 11.4. The van der Waals surface area contributed by atoms with Gasteiger partial charge in [-0.05, 0) is 24.3 Å². The second-order valence-electron chi connectivity index (χ2n) is 7.09. The molecule has 0 fully saturated rings. The summed E-state index contributed by atoms with van der Waals surface area (Å²) in [5, 5.41) is 22.1. The van der Waals surface area contributed by atoms with Crippen LogP contribution in [0.1, 0.15) is 10.4 Å². The van der Waals surface area contributed by atoms with Crippen molar-refractivity contribution < 1.29 is 27.6 Å². The molecule has 0 unspecified atom stereocenters. The molecule has 0 atom stereocenters. The van der Waals surface area contributed by atoms with Gasteiger partial charge in [0.25, 0.3) is 11.6 Å². The Labute approximate surface area is 205 Å². The number of methoxy groups -OCH3 is 2. The maximum absolute atomic E-state index is 13.0. The molecule has 0 bridgehead atoms. The minimum atomic E-state index is -3.81. The van der Waals surface area contributed by atoms with Gasteiger partial charge in [0, 0.05) is 50.6 Å². The van der Waals surface area contributed by atoms with Crippen LogP contribution < -0.4 is 5.32 Å². The lowest BCUT2D eigenvalue weighted by Crippen LogP contribution is -2.36. The molecule has 14 heteroatoms. The van der Waals surface area contributed by atoms with E-state index in [0.29, 0.717) is 10.6 Å². The average molecular weight is 522 g/mol. The van der Waals surface area contributed by atoms with Gasteiger partial charge in [0.15, 0.2) is 0 Å². The minimum absolute atomic E-state index is 0.0325. The van der Waals surface area contributed by atoms with Gasteiger partial charge in [-0.1, -0.05) is 23.5 Å². The molecule has 186 valence electrons. The van der Waals surface area contributed by atoms with Crippen molar-refractivity contribution in [2.24, 2.45) is 0 Å². The highest BCUT2D eigenvalue weighted by Gasteiger charge is 2.24. The summed E-state index contributed by atoms with van der Waals surface area (Å²) in [6.07, 6.45) is 0. The number of aromatic nitrogens is 2. The van der Waals surface area contributed by atoms with E-state index in [9.17, 15) is 23.3 Å². The Kier molecular flexibility index (Phi) is 8.95. The maximum atomic E-state index is 13.0. The summed E-state index contributed by atoms with van der Waals surface area (Å²) >= 11 is 1.05. The third-order valence-electron chi connectivity index (χ3n) is 4.79. The van der Waals surface area contributed by atoms with Crippen LogP contribution in [-0.4, -0.2) is 74.3 Å². The standard InChI is InChI=1S/C21H23N5O7S2/c1-32-12-10-25(11-13-33-2)35(30,31)18-8-6-15(7-9-18)19(27)22-21-24-23-20(34-21)16-4-3-5-17(14-16)26(28)29/h3-9,14H,10-13H2,1-2H3,(H,22,24,27). The van der Waals surface area contributed by atoms with Crippen molar-refractivity contribution in [2.45, 2.75) is 4.90 Å². The molecule has 3 aromatic rings. The van der Waals surface area contributed by atoms with Gasteiger partial charge in [0.1, 0.15) is 5.01 Å². The first-order valence-corrected chi connectivity index (χ1v) is 12.5. The molecule has 0 saturated heterocycles. The molecule has 1 amide bonds. The zero-order chi connectivity index (χ0) is 25.4. The number of ether oxygens (including phenoxy) is 2. The second-order valence-corrected chi connectivity index (χ2v) is 10.0. The fourth-order valence-electron chi connectivity index (χ4n) is 2.98. The van der Waals surface area contributed by atoms with E-state index in [1.807, 2.05) is 0 Å². The molecule has 2 aromatic carbocycles. The molecule has 0 radical (unpaired) electrons. The van der Waals surface area contributed by atoms with Gasteiger partial charge < -0.3 is 9.47 Å². The highest BCUT2D eigenvalue weighted by molar-refractivity contribution is 7.89. The number of sulfonamides is 1. The molecule has 0 spiro atoms. The predicted octanol–water partition coefficient (Wildman–Crippen LogP) is 2.65. The van der Waals surface area contributed by atoms with Crippen LogP contribution in [-0.2, 0) is 19.5 Å². The number of nitrogens with zero attached hydrogens (tertiary/aromatic N) is 4. The molecule has 0 aliphatic heterocycles. The second kappa shape index (κ2) is 11.9. The highest BCUT2D eigenvalue weighted by Crippen LogP contribution is 2.29. The normalized spacial score (nSPS) is 11.5. The number of anilines is 1. The largest absolute Gasteiger partial charge is 0.383 e. The molecule has 0 saturated carbocycles. The number of nitro groups is 1. The summed E-state index contributed by atoms with van der Waals surface area (Å²) < 4.78 is 37.2. The van der Waals surface area contributed by atoms with Crippen LogP contribution in [0.25, 0.3) is 10.6 Å². The molecule has 0 aliphatic carbocycles. The zero-order valence-corrected chi connectivity index (χ0v) is 20.5. The van der Waals surface area contributed by atoms with Crippen LogP contribution in [0.15, 0.2) is 53.4 Å². The predicted molar refractivity (Wildman–Crippen MR) is 129 cm³/mol. The Morgan fingerprint density at radius 3 is 2.34 bits per heavy atom. The van der Waals surface area contributed by atoms with Crippen molar-refractivity contribution in [3.63, 3.8) is 0 Å². The van der Waals surface area contributed by atoms with Crippen molar-refractivity contribution in [3.05, 3.63) is 64.2 Å². The van der Waals surface area contributed by atoms with E-state index in [1.165, 1.54) is 61.0 Å². The number of carbonyl (C=O) groups is 1. The highest BCUT2D eigenvalue weighted by atomic mass is 32.2. The van der Waals surface area contributed by atoms with E-state index in [0.717, 1.165) is 11.3 Å². The SMILES string of the molecule is COCCN(CCOC)S(=O)(=O)c1ccc(C(=O)Nc2nnc(-c3cccc([N+](=O)[O-])c3)s2)cc1. The number of benzene rings is 2. The lowest BCUT2D eigenvalue weighted by atomic mass is 10.2. The summed E-state index contributed by atoms with van der Waals surface area (Å²) in [6.45, 7) is 0.774. The van der Waals surface area contributed by atoms with Crippen molar-refractivity contribution >= 4 is 38.1 Å². The third kappa shape index (κ3) is 6.64. The number of carbonyl (C=O) groups excluding carboxylic acids is 1. The van der Waals surface area contributed by atoms with Crippen LogP contribution in [0, 0.1) is 10.1 Å². The summed E-state index contributed by atoms with van der Waals surface area (Å²) in [5.74, 6) is -0.508. The van der Waals surface area contributed by atoms with Crippen molar-refractivity contribution in [2.75, 3.05) is 45.8 Å². The summed E-state index contributed by atoms with van der Waals surface area (Å²) in [5.41, 5.74) is 0.635. The van der Waals surface area contributed by atoms with Gasteiger partial charge in [-0.2, -0.15) is 4.31 Å². The van der Waals surface area contributed by atoms with Gasteiger partial charge in [0.2, 0.25) is 15.2 Å². The first kappa shape index (κ1) is 26.3. The molecule has 12 nitrogen and oxygen atoms in total. The van der Waals surface area contributed by atoms with E-state index in [-0.39, 0.29) is 47.6 Å². The molecule has 3 rings (SSSR count). The Morgan fingerprint density at radius 1 is 1.09 bits per heavy atom. The Bertz CT molecular complexity index is 1270. The lowest BCUT2D eigenvalue weighted by Gasteiger charge is -2.21. The van der Waals surface area contributed by atoms with Crippen LogP contribution >= 0.6 is 11.3 Å². The van der Waals surface area contributed by atoms with Crippen molar-refractivity contribution in [1.82, 2.24) is 14.5 Å². The van der Waals surface area contributed by atoms with Crippen LogP contribution in [0.5, 0.6) is 0 Å². The minimum Gasteiger partial charge on any atom is -0.383 e. The number of nitro benzene ring substituents is 1. The number of nitrogens with one attached hydrogen (secondary N) is 1. The molecule has 35 heavy (non-hydrogen) atoms. The molecule has 1 aromatic heterocycles. The van der Waals surface area contributed by atoms with Crippen LogP contribution in [0.3, 0.4) is 0 Å². The first-order chi connectivity index (χ1) is 16.8. The number of rotatable bonds is 12. The van der Waals surface area contributed by atoms with Gasteiger partial charge in [-0.25, -0.2) is 8.42 Å². The molecular formula is C21H23N5O7S2. The smallest absolute Gasteiger partial charge is 0.270 e. The fourth-order valence-corrected chi connectivity index (χ4v) is 5.12. The Morgan fingerprint density at radius 2 is 1.74 bits per heavy atom. The number of amides is 1. The van der Waals surface area contributed by atoms with E-state index in [1.54, 1.807) is 6.07 Å². The van der Waals surface area contributed by atoms with E-state index in [2.05, 4.69) is 15.5 Å². The quantitative estimate of drug-likeness (QED) is 0.280. The molecule has 1 N–H and O–H groups in total. The average Bonchev–Trinajstić information content (AvgIpc) is 3.32. The van der Waals surface area contributed by atoms with Crippen LogP contribution in [0.4, 0.5) is 10.8 Å². The third-order valence-corrected chi connectivity index (χ3v) is 7.59. The summed E-state index contributed by atoms with van der Waals surface area (Å²) in [4.78, 5) is 23.1. The van der Waals surface area contributed by atoms with E-state index >= 15 is 0 Å². The first-order valence-electron chi connectivity index (χ1n) is 10.2. The Hall–Kier alpha value is -3.30. The monoisotopic (exact) mass is 521 g/mol. The van der Waals surface area contributed by atoms with Crippen molar-refractivity contribution in [3.8, 4) is 10.6 Å². The fraction of sp³-hybridized carbons (Fsp3) is 0.286. The molecule has 1 heterocycles. The van der Waals surface area contributed by atoms with Crippen LogP contribution in [0.2, 0.25) is 0 Å². The summed E-state index contributed by atoms with van der Waals surface area (Å²) in [7, 11) is -0.840. The Balaban J connectivity index is 1.71. The number of hydrogen-bond donors (Lipinski definition) is 1. The zero-order valence-electron chi connectivity index (χ0n) is 18.9. The van der Waals surface area contributed by atoms with Crippen molar-refractivity contribution in [1.29, 1.82) is 0 Å². The molecular weight excluding hydrogens is 498 g/mol. The van der Waals surface area contributed by atoms with E-state index < -0.39 is 20.9 Å². The number of non-ortho nitro benzene ring substituents is 1. The van der Waals surface area contributed by atoms with Gasteiger partial charge in [0.05, 0.1) is 23.0 Å². The number of hydrogen-bond acceptors (Lipinski definition) is 10. The topological polar surface area (TPSA) is 154 Å². The van der Waals surface area contributed by atoms with Gasteiger partial charge in [-0.3, -0.25) is 20.2 Å².